The highest BCUT2D eigenvalue weighted by atomic mass is 32.2. The van der Waals surface area contributed by atoms with Gasteiger partial charge in [0.15, 0.2) is 6.61 Å². The Morgan fingerprint density at radius 1 is 1.12 bits per heavy atom. The van der Waals surface area contributed by atoms with Crippen molar-refractivity contribution in [3.05, 3.63) is 58.7 Å². The number of ether oxygens (including phenoxy) is 1. The number of esters is 1. The van der Waals surface area contributed by atoms with Crippen LogP contribution < -0.4 is 5.32 Å². The van der Waals surface area contributed by atoms with Crippen LogP contribution in [-0.4, -0.2) is 18.5 Å². The fourth-order valence-corrected chi connectivity index (χ4v) is 2.72. The number of thioether (sulfide) groups is 1. The quantitative estimate of drug-likeness (QED) is 0.499. The van der Waals surface area contributed by atoms with Crippen molar-refractivity contribution >= 4 is 29.3 Å². The summed E-state index contributed by atoms with van der Waals surface area (Å²) in [4.78, 5) is 24.9. The Hall–Kier alpha value is -2.78. The molecule has 25 heavy (non-hydrogen) atoms. The van der Waals surface area contributed by atoms with E-state index in [1.54, 1.807) is 18.2 Å². The molecule has 0 saturated heterocycles. The summed E-state index contributed by atoms with van der Waals surface area (Å²) in [6, 6.07) is 10.8. The Morgan fingerprint density at radius 3 is 2.56 bits per heavy atom. The third-order valence-corrected chi connectivity index (χ3v) is 4.16. The summed E-state index contributed by atoms with van der Waals surface area (Å²) in [5.41, 5.74) is 3.66. The molecule has 0 bridgehead atoms. The van der Waals surface area contributed by atoms with Gasteiger partial charge in [-0.15, -0.1) is 0 Å². The Labute approximate surface area is 151 Å². The zero-order valence-corrected chi connectivity index (χ0v) is 15.1. The molecular formula is C19H18N2O3S. The van der Waals surface area contributed by atoms with Crippen LogP contribution in [0.15, 0.2) is 41.3 Å². The lowest BCUT2D eigenvalue weighted by molar-refractivity contribution is -0.119. The van der Waals surface area contributed by atoms with E-state index in [1.807, 2.05) is 44.4 Å². The molecule has 0 saturated carbocycles. The number of thiocyanates is 1. The fourth-order valence-electron chi connectivity index (χ4n) is 2.24. The van der Waals surface area contributed by atoms with E-state index in [2.05, 4.69) is 5.32 Å². The maximum absolute atomic E-state index is 12.1. The first kappa shape index (κ1) is 18.6. The third kappa shape index (κ3) is 5.10. The maximum Gasteiger partial charge on any atom is 0.338 e. The molecule has 0 aliphatic rings. The molecule has 2 aromatic rings. The highest BCUT2D eigenvalue weighted by Gasteiger charge is 2.13. The summed E-state index contributed by atoms with van der Waals surface area (Å²) in [7, 11) is 0. The molecule has 6 heteroatoms. The van der Waals surface area contributed by atoms with Crippen molar-refractivity contribution in [3.63, 3.8) is 0 Å². The largest absolute Gasteiger partial charge is 0.452 e. The number of benzene rings is 2. The summed E-state index contributed by atoms with van der Waals surface area (Å²) in [5, 5.41) is 13.4. The van der Waals surface area contributed by atoms with Gasteiger partial charge in [-0.05, 0) is 67.9 Å². The second kappa shape index (κ2) is 8.36. The van der Waals surface area contributed by atoms with Crippen molar-refractivity contribution < 1.29 is 14.3 Å². The van der Waals surface area contributed by atoms with Gasteiger partial charge in [-0.25, -0.2) is 4.79 Å². The van der Waals surface area contributed by atoms with Crippen LogP contribution >= 0.6 is 11.8 Å². The first-order valence-electron chi connectivity index (χ1n) is 7.61. The molecule has 0 fully saturated rings. The number of rotatable bonds is 5. The molecule has 0 heterocycles. The van der Waals surface area contributed by atoms with E-state index in [0.29, 0.717) is 11.3 Å². The normalized spacial score (nSPS) is 10.0. The number of hydrogen-bond acceptors (Lipinski definition) is 5. The lowest BCUT2D eigenvalue weighted by atomic mass is 10.1. The van der Waals surface area contributed by atoms with E-state index < -0.39 is 11.9 Å². The molecule has 0 spiro atoms. The number of anilines is 1. The predicted octanol–water partition coefficient (Wildman–Crippen LogP) is 3.98. The minimum absolute atomic E-state index is 0.361. The molecule has 128 valence electrons. The van der Waals surface area contributed by atoms with Crippen molar-refractivity contribution in [3.8, 4) is 5.40 Å². The van der Waals surface area contributed by atoms with Gasteiger partial charge in [0, 0.05) is 10.6 Å². The highest BCUT2D eigenvalue weighted by molar-refractivity contribution is 8.03. The van der Waals surface area contributed by atoms with Gasteiger partial charge in [0.2, 0.25) is 0 Å². The van der Waals surface area contributed by atoms with Gasteiger partial charge in [-0.2, -0.15) is 5.26 Å². The van der Waals surface area contributed by atoms with Crippen molar-refractivity contribution in [2.75, 3.05) is 11.9 Å². The van der Waals surface area contributed by atoms with Gasteiger partial charge < -0.3 is 10.1 Å². The summed E-state index contributed by atoms with van der Waals surface area (Å²) in [6.45, 7) is 5.18. The molecule has 0 aromatic heterocycles. The summed E-state index contributed by atoms with van der Waals surface area (Å²) in [6.07, 6.45) is 0. The van der Waals surface area contributed by atoms with Gasteiger partial charge >= 0.3 is 5.97 Å². The molecule has 1 N–H and O–H groups in total. The molecule has 0 radical (unpaired) electrons. The number of nitriles is 1. The lowest BCUT2D eigenvalue weighted by Crippen LogP contribution is -2.21. The molecule has 5 nitrogen and oxygen atoms in total. The van der Waals surface area contributed by atoms with Gasteiger partial charge in [0.25, 0.3) is 5.91 Å². The van der Waals surface area contributed by atoms with Gasteiger partial charge in [-0.3, -0.25) is 4.79 Å². The first-order chi connectivity index (χ1) is 11.9. The minimum Gasteiger partial charge on any atom is -0.452 e. The molecule has 2 rings (SSSR count). The van der Waals surface area contributed by atoms with E-state index in [9.17, 15) is 9.59 Å². The topological polar surface area (TPSA) is 79.2 Å². The molecule has 2 aromatic carbocycles. The SMILES string of the molecule is Cc1ccc(C)c(C(=O)OCC(=O)Nc2ccc(SC#N)cc2C)c1. The molecule has 1 amide bonds. The standard InChI is InChI=1S/C19H18N2O3S/c1-12-4-5-13(2)16(8-12)19(23)24-10-18(22)21-17-7-6-15(25-11-20)9-14(17)3/h4-9H,10H2,1-3H3,(H,21,22). The Morgan fingerprint density at radius 2 is 1.88 bits per heavy atom. The van der Waals surface area contributed by atoms with E-state index in [4.69, 9.17) is 10.00 Å². The number of carbonyl (C=O) groups excluding carboxylic acids is 2. The Balaban J connectivity index is 1.96. The third-order valence-electron chi connectivity index (χ3n) is 3.58. The van der Waals surface area contributed by atoms with E-state index in [1.165, 1.54) is 0 Å². The van der Waals surface area contributed by atoms with Crippen molar-refractivity contribution in [1.82, 2.24) is 0 Å². The maximum atomic E-state index is 12.1. The second-order valence-electron chi connectivity index (χ2n) is 5.61. The average molecular weight is 354 g/mol. The monoisotopic (exact) mass is 354 g/mol. The number of aryl methyl sites for hydroxylation is 3. The number of hydrogen-bond donors (Lipinski definition) is 1. The van der Waals surface area contributed by atoms with Crippen LogP contribution in [0.3, 0.4) is 0 Å². The van der Waals surface area contributed by atoms with Crippen LogP contribution in [0.25, 0.3) is 0 Å². The molecular weight excluding hydrogens is 336 g/mol. The summed E-state index contributed by atoms with van der Waals surface area (Å²) < 4.78 is 5.10. The summed E-state index contributed by atoms with van der Waals surface area (Å²) >= 11 is 1.05. The fraction of sp³-hybridized carbons (Fsp3) is 0.211. The van der Waals surface area contributed by atoms with Crippen molar-refractivity contribution in [1.29, 1.82) is 5.26 Å². The van der Waals surface area contributed by atoms with Crippen LogP contribution in [0.1, 0.15) is 27.0 Å². The van der Waals surface area contributed by atoms with Crippen LogP contribution in [0.2, 0.25) is 0 Å². The van der Waals surface area contributed by atoms with Crippen molar-refractivity contribution in [2.45, 2.75) is 25.7 Å². The Bertz CT molecular complexity index is 856. The number of nitrogens with one attached hydrogen (secondary N) is 1. The number of carbonyl (C=O) groups is 2. The molecule has 0 aliphatic carbocycles. The molecule has 0 unspecified atom stereocenters. The zero-order valence-electron chi connectivity index (χ0n) is 14.3. The van der Waals surface area contributed by atoms with Crippen LogP contribution in [0.5, 0.6) is 0 Å². The average Bonchev–Trinajstić information content (AvgIpc) is 2.57. The van der Waals surface area contributed by atoms with Crippen LogP contribution in [0, 0.1) is 31.4 Å². The molecule has 0 aliphatic heterocycles. The van der Waals surface area contributed by atoms with Crippen LogP contribution in [-0.2, 0) is 9.53 Å². The Kier molecular flexibility index (Phi) is 6.20. The highest BCUT2D eigenvalue weighted by Crippen LogP contribution is 2.23. The van der Waals surface area contributed by atoms with E-state index in [-0.39, 0.29) is 6.61 Å². The minimum atomic E-state index is -0.520. The van der Waals surface area contributed by atoms with E-state index >= 15 is 0 Å². The molecule has 0 atom stereocenters. The predicted molar refractivity (Wildman–Crippen MR) is 97.5 cm³/mol. The zero-order chi connectivity index (χ0) is 18.4. The second-order valence-corrected chi connectivity index (χ2v) is 6.47. The van der Waals surface area contributed by atoms with Gasteiger partial charge in [-0.1, -0.05) is 17.7 Å². The van der Waals surface area contributed by atoms with Crippen molar-refractivity contribution in [2.24, 2.45) is 0 Å². The lowest BCUT2D eigenvalue weighted by Gasteiger charge is -2.10. The smallest absolute Gasteiger partial charge is 0.338 e. The first-order valence-corrected chi connectivity index (χ1v) is 8.43. The number of nitrogens with zero attached hydrogens (tertiary/aromatic N) is 1. The van der Waals surface area contributed by atoms with E-state index in [0.717, 1.165) is 33.3 Å². The van der Waals surface area contributed by atoms with Gasteiger partial charge in [0.05, 0.1) is 5.56 Å². The summed E-state index contributed by atoms with van der Waals surface area (Å²) in [5.74, 6) is -0.934. The number of amides is 1. The van der Waals surface area contributed by atoms with Gasteiger partial charge in [0.1, 0.15) is 5.40 Å². The van der Waals surface area contributed by atoms with Crippen LogP contribution in [0.4, 0.5) is 5.69 Å².